The van der Waals surface area contributed by atoms with E-state index in [4.69, 9.17) is 15.6 Å². The van der Waals surface area contributed by atoms with E-state index in [2.05, 4.69) is 5.32 Å². The fourth-order valence-electron chi connectivity index (χ4n) is 1.33. The minimum atomic E-state index is -4.64. The maximum Gasteiger partial charge on any atom is 0.416 e. The summed E-state index contributed by atoms with van der Waals surface area (Å²) in [4.78, 5) is 0. The zero-order valence-electron chi connectivity index (χ0n) is 10.7. The van der Waals surface area contributed by atoms with Crippen LogP contribution in [0.2, 0.25) is 0 Å². The van der Waals surface area contributed by atoms with Crippen molar-refractivity contribution >= 4 is 11.4 Å². The summed E-state index contributed by atoms with van der Waals surface area (Å²) in [5.74, 6) is 0.390. The van der Waals surface area contributed by atoms with Crippen LogP contribution in [-0.2, 0) is 0 Å². The van der Waals surface area contributed by atoms with Gasteiger partial charge in [0.2, 0.25) is 0 Å². The minimum absolute atomic E-state index is 0.0988. The lowest BCUT2D eigenvalue weighted by Gasteiger charge is -2.17. The molecule has 1 rings (SSSR count). The highest BCUT2D eigenvalue weighted by Crippen LogP contribution is 2.27. The molecule has 0 spiro atoms. The molecule has 0 aliphatic carbocycles. The Bertz CT molecular complexity index is 422. The van der Waals surface area contributed by atoms with Gasteiger partial charge in [-0.2, -0.15) is 13.2 Å². The van der Waals surface area contributed by atoms with E-state index in [1.807, 2.05) is 13.8 Å². The third kappa shape index (κ3) is 4.86. The number of nitrogens with one attached hydrogen (secondary N) is 1. The summed E-state index contributed by atoms with van der Waals surface area (Å²) >= 11 is 0. The first-order valence-electron chi connectivity index (χ1n) is 5.75. The van der Waals surface area contributed by atoms with Crippen molar-refractivity contribution in [2.24, 2.45) is 0 Å². The fraction of sp³-hybridized carbons (Fsp3) is 0.500. The summed E-state index contributed by atoms with van der Waals surface area (Å²) < 4.78 is 41.8. The van der Waals surface area contributed by atoms with Crippen LogP contribution in [0.1, 0.15) is 13.8 Å². The Morgan fingerprint density at radius 2 is 2.00 bits per heavy atom. The number of aliphatic hydroxyl groups excluding tert-OH is 1. The van der Waals surface area contributed by atoms with E-state index >= 15 is 0 Å². The first-order valence-corrected chi connectivity index (χ1v) is 5.75. The van der Waals surface area contributed by atoms with Gasteiger partial charge in [-0.05, 0) is 26.0 Å². The van der Waals surface area contributed by atoms with Gasteiger partial charge in [-0.25, -0.2) is 0 Å². The number of hydrogen-bond donors (Lipinski definition) is 3. The summed E-state index contributed by atoms with van der Waals surface area (Å²) in [5.41, 5.74) is 6.48. The average Bonchev–Trinajstić information content (AvgIpc) is 2.27. The van der Waals surface area contributed by atoms with Crippen molar-refractivity contribution in [2.45, 2.75) is 32.2 Å². The van der Waals surface area contributed by atoms with Gasteiger partial charge >= 0.3 is 6.18 Å². The SMILES string of the molecule is CC(C)Oc1cc(NCC(O)C(F)(F)F)ccc1N. The van der Waals surface area contributed by atoms with Gasteiger partial charge in [0.15, 0.2) is 6.10 Å². The van der Waals surface area contributed by atoms with Crippen molar-refractivity contribution in [2.75, 3.05) is 17.6 Å². The molecule has 0 saturated heterocycles. The maximum absolute atomic E-state index is 12.1. The van der Waals surface area contributed by atoms with Crippen LogP contribution in [0.15, 0.2) is 18.2 Å². The first kappa shape index (κ1) is 15.4. The Kier molecular flexibility index (Phi) is 4.88. The van der Waals surface area contributed by atoms with Crippen molar-refractivity contribution in [3.05, 3.63) is 18.2 Å². The monoisotopic (exact) mass is 278 g/mol. The molecule has 4 N–H and O–H groups in total. The number of ether oxygens (including phenoxy) is 1. The maximum atomic E-state index is 12.1. The van der Waals surface area contributed by atoms with E-state index in [1.165, 1.54) is 18.2 Å². The third-order valence-corrected chi connectivity index (χ3v) is 2.25. The third-order valence-electron chi connectivity index (χ3n) is 2.25. The molecule has 1 unspecified atom stereocenters. The Balaban J connectivity index is 2.69. The summed E-state index contributed by atoms with van der Waals surface area (Å²) in [6, 6.07) is 4.55. The molecule has 0 radical (unpaired) electrons. The predicted octanol–water partition coefficient (Wildman–Crippen LogP) is 2.39. The molecule has 0 aliphatic heterocycles. The quantitative estimate of drug-likeness (QED) is 0.723. The number of hydrogen-bond acceptors (Lipinski definition) is 4. The van der Waals surface area contributed by atoms with E-state index < -0.39 is 18.8 Å². The van der Waals surface area contributed by atoms with Gasteiger partial charge < -0.3 is 20.9 Å². The van der Waals surface area contributed by atoms with E-state index in [1.54, 1.807) is 0 Å². The van der Waals surface area contributed by atoms with Crippen molar-refractivity contribution in [3.63, 3.8) is 0 Å². The highest BCUT2D eigenvalue weighted by molar-refractivity contribution is 5.61. The van der Waals surface area contributed by atoms with Crippen LogP contribution in [0.4, 0.5) is 24.5 Å². The number of nitrogens with two attached hydrogens (primary N) is 1. The van der Waals surface area contributed by atoms with Gasteiger partial charge in [0.1, 0.15) is 5.75 Å². The second-order valence-corrected chi connectivity index (χ2v) is 4.36. The van der Waals surface area contributed by atoms with Crippen LogP contribution in [0.5, 0.6) is 5.75 Å². The molecule has 7 heteroatoms. The summed E-state index contributed by atoms with van der Waals surface area (Å²) in [6.45, 7) is 2.99. The normalized spacial score (nSPS) is 13.4. The Labute approximate surface area is 109 Å². The van der Waals surface area contributed by atoms with E-state index in [0.29, 0.717) is 17.1 Å². The fourth-order valence-corrected chi connectivity index (χ4v) is 1.33. The van der Waals surface area contributed by atoms with E-state index in [9.17, 15) is 13.2 Å². The number of rotatable bonds is 5. The second-order valence-electron chi connectivity index (χ2n) is 4.36. The molecule has 0 aliphatic rings. The van der Waals surface area contributed by atoms with E-state index in [-0.39, 0.29) is 6.10 Å². The zero-order valence-corrected chi connectivity index (χ0v) is 10.7. The topological polar surface area (TPSA) is 67.5 Å². The molecule has 4 nitrogen and oxygen atoms in total. The Hall–Kier alpha value is -1.63. The molecule has 0 heterocycles. The molecule has 0 aromatic heterocycles. The van der Waals surface area contributed by atoms with Crippen molar-refractivity contribution in [1.29, 1.82) is 0 Å². The van der Waals surface area contributed by atoms with Crippen LogP contribution in [0, 0.1) is 0 Å². The summed E-state index contributed by atoms with van der Waals surface area (Å²) in [7, 11) is 0. The number of nitrogen functional groups attached to an aromatic ring is 1. The number of aliphatic hydroxyl groups is 1. The molecule has 1 aromatic rings. The zero-order chi connectivity index (χ0) is 14.6. The van der Waals surface area contributed by atoms with Crippen molar-refractivity contribution in [3.8, 4) is 5.75 Å². The minimum Gasteiger partial charge on any atom is -0.489 e. The number of benzene rings is 1. The highest BCUT2D eigenvalue weighted by atomic mass is 19.4. The molecule has 108 valence electrons. The molecule has 1 atom stereocenters. The number of halogens is 3. The number of alkyl halides is 3. The second kappa shape index (κ2) is 6.01. The lowest BCUT2D eigenvalue weighted by Crippen LogP contribution is -2.35. The largest absolute Gasteiger partial charge is 0.489 e. The molecule has 0 saturated carbocycles. The highest BCUT2D eigenvalue weighted by Gasteiger charge is 2.37. The lowest BCUT2D eigenvalue weighted by atomic mass is 10.2. The Morgan fingerprint density at radius 1 is 1.37 bits per heavy atom. The van der Waals surface area contributed by atoms with Gasteiger partial charge in [-0.1, -0.05) is 0 Å². The van der Waals surface area contributed by atoms with Gasteiger partial charge in [-0.15, -0.1) is 0 Å². The van der Waals surface area contributed by atoms with Gasteiger partial charge in [0.05, 0.1) is 11.8 Å². The molecule has 0 fully saturated rings. The smallest absolute Gasteiger partial charge is 0.416 e. The molecular formula is C12H17F3N2O2. The average molecular weight is 278 g/mol. The summed E-state index contributed by atoms with van der Waals surface area (Å²) in [5, 5.41) is 11.4. The van der Waals surface area contributed by atoms with Crippen LogP contribution in [0.25, 0.3) is 0 Å². The molecule has 19 heavy (non-hydrogen) atoms. The van der Waals surface area contributed by atoms with Crippen molar-refractivity contribution < 1.29 is 23.0 Å². The Morgan fingerprint density at radius 3 is 2.53 bits per heavy atom. The van der Waals surface area contributed by atoms with Crippen LogP contribution in [-0.4, -0.2) is 30.0 Å². The number of anilines is 2. The van der Waals surface area contributed by atoms with Gasteiger partial charge in [0, 0.05) is 18.3 Å². The van der Waals surface area contributed by atoms with Crippen molar-refractivity contribution in [1.82, 2.24) is 0 Å². The first-order chi connectivity index (χ1) is 8.70. The molecule has 1 aromatic carbocycles. The van der Waals surface area contributed by atoms with Crippen LogP contribution >= 0.6 is 0 Å². The van der Waals surface area contributed by atoms with Gasteiger partial charge in [-0.3, -0.25) is 0 Å². The summed E-state index contributed by atoms with van der Waals surface area (Å²) in [6.07, 6.45) is -7.16. The van der Waals surface area contributed by atoms with Gasteiger partial charge in [0.25, 0.3) is 0 Å². The van der Waals surface area contributed by atoms with Crippen LogP contribution < -0.4 is 15.8 Å². The van der Waals surface area contributed by atoms with E-state index in [0.717, 1.165) is 0 Å². The lowest BCUT2D eigenvalue weighted by molar-refractivity contribution is -0.198. The standard InChI is InChI=1S/C12H17F3N2O2/c1-7(2)19-10-5-8(3-4-9(10)16)17-6-11(18)12(13,14)15/h3-5,7,11,17-18H,6,16H2,1-2H3. The molecule has 0 bridgehead atoms. The molecule has 0 amide bonds. The predicted molar refractivity (Wildman–Crippen MR) is 67.2 cm³/mol. The van der Waals surface area contributed by atoms with Crippen LogP contribution in [0.3, 0.4) is 0 Å². The molecular weight excluding hydrogens is 261 g/mol.